The topological polar surface area (TPSA) is 109 Å². The molecule has 154 valence electrons. The zero-order valence-electron chi connectivity index (χ0n) is 16.4. The van der Waals surface area contributed by atoms with E-state index in [0.29, 0.717) is 30.3 Å². The average Bonchev–Trinajstić information content (AvgIpc) is 2.66. The first-order valence-electron chi connectivity index (χ1n) is 9.05. The summed E-state index contributed by atoms with van der Waals surface area (Å²) in [6.45, 7) is 3.67. The zero-order chi connectivity index (χ0) is 21.2. The number of aliphatic carboxylic acids is 2. The molecule has 0 fully saturated rings. The highest BCUT2D eigenvalue weighted by Crippen LogP contribution is 2.29. The van der Waals surface area contributed by atoms with E-state index in [9.17, 15) is 9.59 Å². The van der Waals surface area contributed by atoms with Crippen molar-refractivity contribution in [2.45, 2.75) is 20.5 Å². The average molecular weight is 400 g/mol. The molecule has 0 saturated heterocycles. The minimum Gasteiger partial charge on any atom is -0.490 e. The Morgan fingerprint density at radius 1 is 1.00 bits per heavy atom. The van der Waals surface area contributed by atoms with Gasteiger partial charge in [0.1, 0.15) is 19.7 Å². The van der Waals surface area contributed by atoms with E-state index in [0.717, 1.165) is 10.6 Å². The van der Waals surface area contributed by atoms with Gasteiger partial charge in [-0.05, 0) is 43.2 Å². The maximum absolute atomic E-state index is 10.8. The second-order valence-corrected chi connectivity index (χ2v) is 6.27. The summed E-state index contributed by atoms with van der Waals surface area (Å²) in [5.74, 6) is -1.25. The molecule has 2 aromatic rings. The molecule has 0 aliphatic rings. The number of benzene rings is 2. The van der Waals surface area contributed by atoms with Crippen LogP contribution in [0.4, 0.5) is 0 Å². The molecule has 0 aromatic heterocycles. The lowest BCUT2D eigenvalue weighted by molar-refractivity contribution is -0.141. The first-order valence-corrected chi connectivity index (χ1v) is 9.05. The molecule has 8 heteroatoms. The Bertz CT molecular complexity index is 848. The molecule has 0 saturated carbocycles. The number of hydrazone groups is 1. The predicted octanol–water partition coefficient (Wildman–Crippen LogP) is 2.78. The van der Waals surface area contributed by atoms with E-state index in [1.54, 1.807) is 18.2 Å². The third kappa shape index (κ3) is 7.53. The standard InChI is InChI=1S/C21H24N2O6/c1-3-28-19-10-17(11-22-23(12-20(24)25)13-21(26)27)8-9-18(19)29-14-16-6-4-15(2)5-7-16/h4-11H,3,12-14H2,1-2H3,(H,24,25)(H,26,27)/b22-11-. The van der Waals surface area contributed by atoms with E-state index in [-0.39, 0.29) is 0 Å². The molecule has 0 amide bonds. The van der Waals surface area contributed by atoms with Gasteiger partial charge >= 0.3 is 11.9 Å². The van der Waals surface area contributed by atoms with Crippen LogP contribution in [0, 0.1) is 6.92 Å². The number of nitrogens with zero attached hydrogens (tertiary/aromatic N) is 2. The van der Waals surface area contributed by atoms with Gasteiger partial charge < -0.3 is 19.7 Å². The number of hydrogen-bond donors (Lipinski definition) is 2. The van der Waals surface area contributed by atoms with Gasteiger partial charge in [-0.1, -0.05) is 29.8 Å². The summed E-state index contributed by atoms with van der Waals surface area (Å²) in [5, 5.41) is 22.6. The van der Waals surface area contributed by atoms with Gasteiger partial charge in [-0.2, -0.15) is 5.10 Å². The lowest BCUT2D eigenvalue weighted by Crippen LogP contribution is -2.30. The van der Waals surface area contributed by atoms with Gasteiger partial charge in [-0.3, -0.25) is 14.6 Å². The molecule has 29 heavy (non-hydrogen) atoms. The molecule has 0 unspecified atom stereocenters. The van der Waals surface area contributed by atoms with Crippen LogP contribution in [0.1, 0.15) is 23.6 Å². The molecule has 8 nitrogen and oxygen atoms in total. The number of carbonyl (C=O) groups is 2. The fraction of sp³-hybridized carbons (Fsp3) is 0.286. The second-order valence-electron chi connectivity index (χ2n) is 6.27. The van der Waals surface area contributed by atoms with Crippen molar-refractivity contribution in [3.05, 3.63) is 59.2 Å². The van der Waals surface area contributed by atoms with Crippen molar-refractivity contribution in [3.63, 3.8) is 0 Å². The normalized spacial score (nSPS) is 10.7. The quantitative estimate of drug-likeness (QED) is 0.441. The van der Waals surface area contributed by atoms with Crippen LogP contribution in [0.2, 0.25) is 0 Å². The fourth-order valence-electron chi connectivity index (χ4n) is 2.44. The summed E-state index contributed by atoms with van der Waals surface area (Å²) >= 11 is 0. The van der Waals surface area contributed by atoms with Crippen LogP contribution in [0.3, 0.4) is 0 Å². The van der Waals surface area contributed by atoms with E-state index in [1.165, 1.54) is 11.8 Å². The highest BCUT2D eigenvalue weighted by Gasteiger charge is 2.11. The maximum Gasteiger partial charge on any atom is 0.324 e. The summed E-state index contributed by atoms with van der Waals surface area (Å²) in [4.78, 5) is 21.7. The van der Waals surface area contributed by atoms with E-state index in [4.69, 9.17) is 19.7 Å². The third-order valence-corrected chi connectivity index (χ3v) is 3.79. The lowest BCUT2D eigenvalue weighted by atomic mass is 10.2. The number of carboxylic acid groups (broad SMARTS) is 2. The summed E-state index contributed by atoms with van der Waals surface area (Å²) in [7, 11) is 0. The van der Waals surface area contributed by atoms with E-state index in [1.807, 2.05) is 38.1 Å². The van der Waals surface area contributed by atoms with E-state index in [2.05, 4.69) is 5.10 Å². The van der Waals surface area contributed by atoms with Gasteiger partial charge in [0.05, 0.1) is 12.8 Å². The Balaban J connectivity index is 2.13. The first-order chi connectivity index (χ1) is 13.9. The molecular formula is C21H24N2O6. The Labute approximate surface area is 169 Å². The molecule has 0 aliphatic heterocycles. The van der Waals surface area contributed by atoms with Gasteiger partial charge in [0.2, 0.25) is 0 Å². The Morgan fingerprint density at radius 2 is 1.66 bits per heavy atom. The van der Waals surface area contributed by atoms with E-state index >= 15 is 0 Å². The summed E-state index contributed by atoms with van der Waals surface area (Å²) in [5.41, 5.74) is 2.82. The lowest BCUT2D eigenvalue weighted by Gasteiger charge is -2.15. The molecule has 0 bridgehead atoms. The number of ether oxygens (including phenoxy) is 2. The fourth-order valence-corrected chi connectivity index (χ4v) is 2.44. The number of hydrogen-bond acceptors (Lipinski definition) is 6. The molecule has 0 heterocycles. The van der Waals surface area contributed by atoms with Crippen molar-refractivity contribution in [3.8, 4) is 11.5 Å². The van der Waals surface area contributed by atoms with Crippen LogP contribution in [0.5, 0.6) is 11.5 Å². The van der Waals surface area contributed by atoms with Gasteiger partial charge in [0, 0.05) is 0 Å². The molecule has 0 radical (unpaired) electrons. The van der Waals surface area contributed by atoms with E-state index < -0.39 is 25.0 Å². The van der Waals surface area contributed by atoms with Gasteiger partial charge in [-0.25, -0.2) is 0 Å². The van der Waals surface area contributed by atoms with Crippen LogP contribution in [-0.4, -0.2) is 53.1 Å². The molecule has 0 atom stereocenters. The Morgan fingerprint density at radius 3 is 2.24 bits per heavy atom. The van der Waals surface area contributed by atoms with Crippen LogP contribution in [0.15, 0.2) is 47.6 Å². The summed E-state index contributed by atoms with van der Waals surface area (Å²) < 4.78 is 11.5. The van der Waals surface area contributed by atoms with Crippen molar-refractivity contribution in [1.29, 1.82) is 0 Å². The highest BCUT2D eigenvalue weighted by molar-refractivity contribution is 5.81. The third-order valence-electron chi connectivity index (χ3n) is 3.79. The highest BCUT2D eigenvalue weighted by atomic mass is 16.5. The van der Waals surface area contributed by atoms with Crippen molar-refractivity contribution >= 4 is 18.2 Å². The predicted molar refractivity (Wildman–Crippen MR) is 108 cm³/mol. The number of carboxylic acids is 2. The number of aryl methyl sites for hydroxylation is 1. The molecule has 2 aromatic carbocycles. The molecule has 2 rings (SSSR count). The Hall–Kier alpha value is -3.55. The molecule has 0 aliphatic carbocycles. The molecule has 2 N–H and O–H groups in total. The maximum atomic E-state index is 10.8. The van der Waals surface area contributed by atoms with Gasteiger partial charge in [-0.15, -0.1) is 0 Å². The Kier molecular flexibility index (Phi) is 8.02. The van der Waals surface area contributed by atoms with Crippen LogP contribution < -0.4 is 9.47 Å². The smallest absolute Gasteiger partial charge is 0.324 e. The van der Waals surface area contributed by atoms with Gasteiger partial charge in [0.25, 0.3) is 0 Å². The van der Waals surface area contributed by atoms with Crippen LogP contribution in [-0.2, 0) is 16.2 Å². The number of rotatable bonds is 11. The van der Waals surface area contributed by atoms with Crippen molar-refractivity contribution in [2.75, 3.05) is 19.7 Å². The van der Waals surface area contributed by atoms with Gasteiger partial charge in [0.15, 0.2) is 11.5 Å². The monoisotopic (exact) mass is 400 g/mol. The van der Waals surface area contributed by atoms with Crippen molar-refractivity contribution in [2.24, 2.45) is 5.10 Å². The SMILES string of the molecule is CCOc1cc(/C=N\N(CC(=O)O)CC(=O)O)ccc1OCc1ccc(C)cc1. The summed E-state index contributed by atoms with van der Waals surface area (Å²) in [6, 6.07) is 13.2. The molecular weight excluding hydrogens is 376 g/mol. The largest absolute Gasteiger partial charge is 0.490 e. The van der Waals surface area contributed by atoms with Crippen molar-refractivity contribution < 1.29 is 29.3 Å². The minimum absolute atomic E-state index is 0.388. The van der Waals surface area contributed by atoms with Crippen LogP contribution >= 0.6 is 0 Å². The summed E-state index contributed by atoms with van der Waals surface area (Å²) in [6.07, 6.45) is 1.39. The van der Waals surface area contributed by atoms with Crippen molar-refractivity contribution in [1.82, 2.24) is 5.01 Å². The second kappa shape index (κ2) is 10.7. The van der Waals surface area contributed by atoms with Crippen LogP contribution in [0.25, 0.3) is 0 Å². The molecule has 0 spiro atoms. The minimum atomic E-state index is -1.17. The zero-order valence-corrected chi connectivity index (χ0v) is 16.4. The first kappa shape index (κ1) is 21.7.